The number of hydrogen-bond donors (Lipinski definition) is 0. The van der Waals surface area contributed by atoms with Crippen LogP contribution in [0.4, 0.5) is 0 Å². The van der Waals surface area contributed by atoms with Gasteiger partial charge in [-0.2, -0.15) is 0 Å². The Morgan fingerprint density at radius 2 is 2.00 bits per heavy atom. The van der Waals surface area contributed by atoms with E-state index in [4.69, 9.17) is 4.42 Å². The van der Waals surface area contributed by atoms with E-state index in [0.29, 0.717) is 0 Å². The van der Waals surface area contributed by atoms with Crippen LogP contribution in [0.5, 0.6) is 0 Å². The normalized spacial score (nSPS) is 13.1. The summed E-state index contributed by atoms with van der Waals surface area (Å²) in [6.07, 6.45) is 1.78. The van der Waals surface area contributed by atoms with Crippen LogP contribution in [-0.2, 0) is 12.8 Å². The van der Waals surface area contributed by atoms with Crippen LogP contribution in [0.2, 0.25) is 0 Å². The Bertz CT molecular complexity index is 608. The van der Waals surface area contributed by atoms with Crippen LogP contribution in [0.25, 0.3) is 11.1 Å². The molecule has 0 radical (unpaired) electrons. The SMILES string of the molecule is Cc1cc(=O)oc2c1-c1ccccc1CC2. The van der Waals surface area contributed by atoms with Gasteiger partial charge in [0.1, 0.15) is 5.76 Å². The Morgan fingerprint density at radius 3 is 2.88 bits per heavy atom. The topological polar surface area (TPSA) is 30.2 Å². The molecule has 2 heteroatoms. The van der Waals surface area contributed by atoms with E-state index in [1.54, 1.807) is 6.07 Å². The van der Waals surface area contributed by atoms with Gasteiger partial charge in [-0.1, -0.05) is 24.3 Å². The number of aryl methyl sites for hydroxylation is 3. The fourth-order valence-corrected chi connectivity index (χ4v) is 2.44. The zero-order chi connectivity index (χ0) is 11.1. The van der Waals surface area contributed by atoms with Gasteiger partial charge in [-0.05, 0) is 30.0 Å². The lowest BCUT2D eigenvalue weighted by molar-refractivity contribution is 0.457. The van der Waals surface area contributed by atoms with E-state index in [9.17, 15) is 4.79 Å². The molecule has 2 aromatic rings. The lowest BCUT2D eigenvalue weighted by atomic mass is 9.87. The van der Waals surface area contributed by atoms with Crippen LogP contribution in [0.1, 0.15) is 16.9 Å². The van der Waals surface area contributed by atoms with Gasteiger partial charge in [0, 0.05) is 18.1 Å². The van der Waals surface area contributed by atoms with Crippen LogP contribution in [0, 0.1) is 6.92 Å². The van der Waals surface area contributed by atoms with E-state index in [1.165, 1.54) is 11.1 Å². The average molecular weight is 212 g/mol. The molecule has 1 heterocycles. The van der Waals surface area contributed by atoms with E-state index >= 15 is 0 Å². The first-order valence-corrected chi connectivity index (χ1v) is 5.47. The molecule has 0 atom stereocenters. The molecule has 1 aromatic heterocycles. The minimum atomic E-state index is -0.240. The zero-order valence-corrected chi connectivity index (χ0v) is 9.12. The third-order valence-corrected chi connectivity index (χ3v) is 3.14. The first-order chi connectivity index (χ1) is 7.75. The number of hydrogen-bond acceptors (Lipinski definition) is 2. The highest BCUT2D eigenvalue weighted by Gasteiger charge is 2.19. The van der Waals surface area contributed by atoms with E-state index in [2.05, 4.69) is 18.2 Å². The van der Waals surface area contributed by atoms with Crippen LogP contribution in [0.15, 0.2) is 39.5 Å². The summed E-state index contributed by atoms with van der Waals surface area (Å²) in [4.78, 5) is 11.3. The van der Waals surface area contributed by atoms with Gasteiger partial charge in [0.15, 0.2) is 0 Å². The molecule has 16 heavy (non-hydrogen) atoms. The fourth-order valence-electron chi connectivity index (χ4n) is 2.44. The lowest BCUT2D eigenvalue weighted by Gasteiger charge is -2.19. The second kappa shape index (κ2) is 3.34. The van der Waals surface area contributed by atoms with Gasteiger partial charge >= 0.3 is 5.63 Å². The predicted octanol–water partition coefficient (Wildman–Crippen LogP) is 2.71. The molecule has 2 nitrogen and oxygen atoms in total. The molecule has 0 spiro atoms. The van der Waals surface area contributed by atoms with Crippen molar-refractivity contribution in [2.75, 3.05) is 0 Å². The first-order valence-electron chi connectivity index (χ1n) is 5.47. The van der Waals surface area contributed by atoms with Crippen molar-refractivity contribution in [1.82, 2.24) is 0 Å². The van der Waals surface area contributed by atoms with Gasteiger partial charge < -0.3 is 4.42 Å². The summed E-state index contributed by atoms with van der Waals surface area (Å²) in [5, 5.41) is 0. The lowest BCUT2D eigenvalue weighted by Crippen LogP contribution is -2.10. The fraction of sp³-hybridized carbons (Fsp3) is 0.214. The van der Waals surface area contributed by atoms with Crippen LogP contribution in [-0.4, -0.2) is 0 Å². The molecule has 1 aliphatic carbocycles. The third kappa shape index (κ3) is 1.30. The summed E-state index contributed by atoms with van der Waals surface area (Å²) < 4.78 is 5.28. The van der Waals surface area contributed by atoms with Gasteiger partial charge in [0.2, 0.25) is 0 Å². The number of benzene rings is 1. The zero-order valence-electron chi connectivity index (χ0n) is 9.12. The molecule has 80 valence electrons. The highest BCUT2D eigenvalue weighted by molar-refractivity contribution is 5.73. The second-order valence-corrected chi connectivity index (χ2v) is 4.20. The minimum absolute atomic E-state index is 0.240. The van der Waals surface area contributed by atoms with Gasteiger partial charge in [0.25, 0.3) is 0 Å². The molecule has 1 aliphatic rings. The Labute approximate surface area is 93.5 Å². The van der Waals surface area contributed by atoms with Gasteiger partial charge in [-0.25, -0.2) is 4.79 Å². The molecular formula is C14H12O2. The molecule has 0 saturated heterocycles. The van der Waals surface area contributed by atoms with Crippen molar-refractivity contribution >= 4 is 0 Å². The predicted molar refractivity (Wildman–Crippen MR) is 62.6 cm³/mol. The summed E-state index contributed by atoms with van der Waals surface area (Å²) in [5.41, 5.74) is 4.44. The molecule has 0 unspecified atom stereocenters. The summed E-state index contributed by atoms with van der Waals surface area (Å²) in [6.45, 7) is 1.97. The molecular weight excluding hydrogens is 200 g/mol. The second-order valence-electron chi connectivity index (χ2n) is 4.20. The Morgan fingerprint density at radius 1 is 1.19 bits per heavy atom. The Kier molecular flexibility index (Phi) is 1.96. The third-order valence-electron chi connectivity index (χ3n) is 3.14. The van der Waals surface area contributed by atoms with Crippen LogP contribution in [0.3, 0.4) is 0 Å². The number of fused-ring (bicyclic) bond motifs is 3. The van der Waals surface area contributed by atoms with Crippen molar-refractivity contribution in [2.45, 2.75) is 19.8 Å². The smallest absolute Gasteiger partial charge is 0.336 e. The minimum Gasteiger partial charge on any atom is -0.427 e. The van der Waals surface area contributed by atoms with Crippen molar-refractivity contribution in [3.63, 3.8) is 0 Å². The molecule has 0 bridgehead atoms. The molecule has 0 amide bonds. The highest BCUT2D eigenvalue weighted by atomic mass is 16.4. The van der Waals surface area contributed by atoms with Crippen molar-refractivity contribution in [3.05, 3.63) is 57.6 Å². The maximum Gasteiger partial charge on any atom is 0.336 e. The Balaban J connectivity index is 2.36. The van der Waals surface area contributed by atoms with Crippen LogP contribution < -0.4 is 5.63 Å². The summed E-state index contributed by atoms with van der Waals surface area (Å²) >= 11 is 0. The van der Waals surface area contributed by atoms with Crippen molar-refractivity contribution < 1.29 is 4.42 Å². The largest absolute Gasteiger partial charge is 0.427 e. The van der Waals surface area contributed by atoms with E-state index < -0.39 is 0 Å². The van der Waals surface area contributed by atoms with Gasteiger partial charge in [-0.15, -0.1) is 0 Å². The molecule has 0 aliphatic heterocycles. The Hall–Kier alpha value is -1.83. The maximum absolute atomic E-state index is 11.3. The summed E-state index contributed by atoms with van der Waals surface area (Å²) in [5.74, 6) is 0.837. The summed E-state index contributed by atoms with van der Waals surface area (Å²) in [7, 11) is 0. The van der Waals surface area contributed by atoms with Crippen molar-refractivity contribution in [1.29, 1.82) is 0 Å². The van der Waals surface area contributed by atoms with Crippen molar-refractivity contribution in [3.8, 4) is 11.1 Å². The quantitative estimate of drug-likeness (QED) is 0.672. The molecule has 3 rings (SSSR count). The summed E-state index contributed by atoms with van der Waals surface area (Å²) in [6, 6.07) is 9.89. The van der Waals surface area contributed by atoms with E-state index in [0.717, 1.165) is 29.7 Å². The molecule has 0 saturated carbocycles. The molecule has 0 N–H and O–H groups in total. The highest BCUT2D eigenvalue weighted by Crippen LogP contribution is 2.34. The first kappa shape index (κ1) is 9.40. The number of rotatable bonds is 0. The van der Waals surface area contributed by atoms with Crippen molar-refractivity contribution in [2.24, 2.45) is 0 Å². The standard InChI is InChI=1S/C14H12O2/c1-9-8-13(15)16-12-7-6-10-4-2-3-5-11(10)14(9)12/h2-5,8H,6-7H2,1H3. The van der Waals surface area contributed by atoms with Crippen LogP contribution >= 0.6 is 0 Å². The van der Waals surface area contributed by atoms with E-state index in [1.807, 2.05) is 13.0 Å². The average Bonchev–Trinajstić information content (AvgIpc) is 2.28. The van der Waals surface area contributed by atoms with E-state index in [-0.39, 0.29) is 5.63 Å². The maximum atomic E-state index is 11.3. The molecule has 1 aromatic carbocycles. The molecule has 0 fully saturated rings. The van der Waals surface area contributed by atoms with Gasteiger partial charge in [-0.3, -0.25) is 0 Å². The monoisotopic (exact) mass is 212 g/mol. The van der Waals surface area contributed by atoms with Gasteiger partial charge in [0.05, 0.1) is 0 Å².